The minimum absolute atomic E-state index is 0.0512. The van der Waals surface area contributed by atoms with Gasteiger partial charge in [-0.15, -0.1) is 4.28 Å². The van der Waals surface area contributed by atoms with Crippen LogP contribution in [0.2, 0.25) is 4.34 Å². The van der Waals surface area contributed by atoms with Gasteiger partial charge in [-0.3, -0.25) is 19.5 Å². The van der Waals surface area contributed by atoms with Gasteiger partial charge in [-0.05, 0) is 43.5 Å². The Hall–Kier alpha value is -5.08. The van der Waals surface area contributed by atoms with Crippen LogP contribution in [0.1, 0.15) is 19.5 Å². The highest BCUT2D eigenvalue weighted by molar-refractivity contribution is 7.80. The van der Waals surface area contributed by atoms with E-state index in [4.69, 9.17) is 41.4 Å². The third-order valence-corrected chi connectivity index (χ3v) is 9.30. The van der Waals surface area contributed by atoms with Crippen molar-refractivity contribution in [3.05, 3.63) is 40.5 Å². The Balaban J connectivity index is 0.000000876. The summed E-state index contributed by atoms with van der Waals surface area (Å²) in [4.78, 5) is 56.0. The van der Waals surface area contributed by atoms with Crippen molar-refractivity contribution in [1.29, 1.82) is 0 Å². The molecule has 0 unspecified atom stereocenters. The fourth-order valence-corrected chi connectivity index (χ4v) is 6.29. The summed E-state index contributed by atoms with van der Waals surface area (Å²) >= 11 is 7.00. The number of amides is 2. The summed E-state index contributed by atoms with van der Waals surface area (Å²) in [6.45, 7) is 4.90. The van der Waals surface area contributed by atoms with E-state index in [1.54, 1.807) is 12.1 Å². The Morgan fingerprint density at radius 1 is 1.29 bits per heavy atom. The molecule has 2 aliphatic heterocycles. The van der Waals surface area contributed by atoms with Crippen LogP contribution in [0.3, 0.4) is 0 Å². The number of hydrogen-bond acceptors (Lipinski definition) is 16. The Labute approximate surface area is 317 Å². The quantitative estimate of drug-likeness (QED) is 0.0388. The molecule has 3 aromatic rings. The summed E-state index contributed by atoms with van der Waals surface area (Å²) < 4.78 is 74.7. The van der Waals surface area contributed by atoms with E-state index in [1.165, 1.54) is 13.8 Å². The lowest BCUT2D eigenvalue weighted by molar-refractivity contribution is -0.656. The molecule has 5 rings (SSSR count). The molecule has 2 atom stereocenters. The van der Waals surface area contributed by atoms with Crippen LogP contribution in [-0.2, 0) is 45.7 Å². The number of nitrogens with zero attached hydrogens (tertiary/aromatic N) is 4. The number of benzene rings is 1. The molecule has 2 fully saturated rings. The lowest BCUT2D eigenvalue weighted by Gasteiger charge is -2.50. The highest BCUT2D eigenvalue weighted by Gasteiger charge is 2.58. The number of nitrogens with one attached hydrogen (secondary N) is 3. The van der Waals surface area contributed by atoms with E-state index < -0.39 is 70.3 Å². The average molecular weight is 841 g/mol. The number of aromatic nitrogens is 2. The lowest BCUT2D eigenvalue weighted by atomic mass is 9.84. The van der Waals surface area contributed by atoms with Crippen LogP contribution in [0, 0.1) is 5.92 Å². The molecule has 0 spiro atoms. The number of aliphatic carboxylic acids is 2. The molecule has 4 heterocycles. The number of fused-ring (bicyclic) bond motifs is 1. The molecule has 55 heavy (non-hydrogen) atoms. The van der Waals surface area contributed by atoms with Crippen molar-refractivity contribution in [3.63, 3.8) is 0 Å². The van der Waals surface area contributed by atoms with Crippen LogP contribution in [0.25, 0.3) is 10.8 Å². The fraction of sp³-hybridized carbons (Fsp3) is 0.414. The van der Waals surface area contributed by atoms with Crippen molar-refractivity contribution in [2.24, 2.45) is 18.1 Å². The van der Waals surface area contributed by atoms with Crippen molar-refractivity contribution < 1.29 is 74.0 Å². The first kappa shape index (κ1) is 42.7. The maximum atomic E-state index is 13.4. The van der Waals surface area contributed by atoms with E-state index in [1.807, 2.05) is 29.9 Å². The van der Waals surface area contributed by atoms with Crippen LogP contribution in [0.4, 0.5) is 24.1 Å². The monoisotopic (exact) mass is 840 g/mol. The Kier molecular flexibility index (Phi) is 13.0. The van der Waals surface area contributed by atoms with Crippen LogP contribution < -0.4 is 36.1 Å². The number of alkyl halides is 3. The Bertz CT molecular complexity index is 2120. The van der Waals surface area contributed by atoms with E-state index in [9.17, 15) is 41.1 Å². The number of oxime groups is 1. The van der Waals surface area contributed by atoms with Gasteiger partial charge in [0.05, 0.1) is 30.7 Å². The van der Waals surface area contributed by atoms with Crippen molar-refractivity contribution in [1.82, 2.24) is 20.7 Å². The number of aryl methyl sites for hydroxylation is 1. The molecule has 1 aromatic carbocycles. The average Bonchev–Trinajstić information content (AvgIpc) is 3.39. The van der Waals surface area contributed by atoms with Gasteiger partial charge in [0, 0.05) is 19.0 Å². The molecule has 2 amide bonds. The van der Waals surface area contributed by atoms with Gasteiger partial charge >= 0.3 is 22.5 Å². The highest BCUT2D eigenvalue weighted by Crippen LogP contribution is 2.33. The summed E-state index contributed by atoms with van der Waals surface area (Å²) in [6.07, 6.45) is -5.02. The summed E-state index contributed by atoms with van der Waals surface area (Å²) in [7, 11) is -3.11. The molecule has 0 bridgehead atoms. The molecule has 2 aromatic heterocycles. The first-order valence-electron chi connectivity index (χ1n) is 15.5. The maximum absolute atomic E-state index is 13.4. The number of hydrogen-bond donors (Lipinski definition) is 6. The molecular weight excluding hydrogens is 809 g/mol. The SMILES string of the molecule is C[n+]1ccc2cc(OC[C@H](O/N=C(\C(=O)N[C@@H]3C(=O)N(OS(=O)(=O)O)C3(C)C)c3nc(N)sc3Cl)C(=O)O)ccc2c1NCC1CNC1.O=C([O-])C(F)(F)F. The Morgan fingerprint density at radius 3 is 2.45 bits per heavy atom. The molecule has 2 saturated heterocycles. The number of rotatable bonds is 14. The number of carbonyl (C=O) groups is 4. The highest BCUT2D eigenvalue weighted by atomic mass is 35.5. The number of nitrogens with two attached hydrogens (primary N) is 1. The van der Waals surface area contributed by atoms with E-state index >= 15 is 0 Å². The molecule has 20 nitrogen and oxygen atoms in total. The van der Waals surface area contributed by atoms with E-state index in [-0.39, 0.29) is 15.2 Å². The number of carboxylic acids is 2. The van der Waals surface area contributed by atoms with Crippen molar-refractivity contribution >= 4 is 84.5 Å². The topological polar surface area (TPSA) is 288 Å². The third-order valence-electron chi connectivity index (χ3n) is 7.88. The first-order chi connectivity index (χ1) is 25.5. The van der Waals surface area contributed by atoms with Gasteiger partial charge < -0.3 is 40.9 Å². The van der Waals surface area contributed by atoms with Crippen LogP contribution in [0.15, 0.2) is 35.6 Å². The third kappa shape index (κ3) is 10.6. The predicted octanol–water partition coefficient (Wildman–Crippen LogP) is -0.621. The van der Waals surface area contributed by atoms with E-state index in [2.05, 4.69) is 30.4 Å². The number of carbonyl (C=O) groups excluding carboxylic acids is 3. The number of ether oxygens (including phenoxy) is 1. The van der Waals surface area contributed by atoms with Crippen LogP contribution >= 0.6 is 22.9 Å². The normalized spacial score (nSPS) is 17.6. The second kappa shape index (κ2) is 16.7. The largest absolute Gasteiger partial charge is 0.542 e. The predicted molar refractivity (Wildman–Crippen MR) is 183 cm³/mol. The molecule has 300 valence electrons. The van der Waals surface area contributed by atoms with Gasteiger partial charge in [-0.25, -0.2) is 14.3 Å². The maximum Gasteiger partial charge on any atom is 0.430 e. The number of thiazole rings is 1. The molecule has 26 heteroatoms. The minimum Gasteiger partial charge on any atom is -0.542 e. The van der Waals surface area contributed by atoms with Crippen molar-refractivity contribution in [3.8, 4) is 5.75 Å². The zero-order valence-corrected chi connectivity index (χ0v) is 31.0. The second-order valence-electron chi connectivity index (χ2n) is 12.3. The van der Waals surface area contributed by atoms with Gasteiger partial charge in [-0.2, -0.15) is 26.7 Å². The molecule has 7 N–H and O–H groups in total. The first-order valence-corrected chi connectivity index (χ1v) is 18.0. The molecule has 0 radical (unpaired) electrons. The van der Waals surface area contributed by atoms with Gasteiger partial charge in [0.1, 0.15) is 34.4 Å². The van der Waals surface area contributed by atoms with Gasteiger partial charge in [0.25, 0.3) is 23.7 Å². The van der Waals surface area contributed by atoms with Gasteiger partial charge in [-0.1, -0.05) is 28.1 Å². The molecule has 0 saturated carbocycles. The molecular formula is C29H32ClF3N8O12S2. The number of anilines is 2. The van der Waals surface area contributed by atoms with Gasteiger partial charge in [0.2, 0.25) is 0 Å². The number of pyridine rings is 1. The molecule has 0 aliphatic carbocycles. The lowest BCUT2D eigenvalue weighted by Crippen LogP contribution is -2.76. The number of carboxylic acid groups (broad SMARTS) is 2. The summed E-state index contributed by atoms with van der Waals surface area (Å²) in [5.74, 6) is -4.78. The summed E-state index contributed by atoms with van der Waals surface area (Å²) in [6, 6.07) is 5.81. The van der Waals surface area contributed by atoms with Crippen molar-refractivity contribution in [2.45, 2.75) is 37.7 Å². The number of halogens is 4. The smallest absolute Gasteiger partial charge is 0.430 e. The standard InChI is InChI=1S/C27H31ClN8O10S2.C2HF3O2/c1-27(2)20(24(38)36(27)46-48(41,42)43)33-23(37)19(18-21(28)47-26(29)32-18)34-45-17(25(39)40)12-44-15-4-5-16-14(8-15)6-7-35(3)22(16)31-11-13-9-30-10-13;3-2(4,5)1(6)7/h4-8,13,17,20,30H,9-12H2,1-3H3,(H5,29,32,33,37,39,40,41,42,43);(H,6,7)/b34-19-;/t17-,20+;/m0./s1. The minimum atomic E-state index is -5.19. The summed E-state index contributed by atoms with van der Waals surface area (Å²) in [5.41, 5.74) is 3.37. The second-order valence-corrected chi connectivity index (χ2v) is 14.9. The number of nitrogen functional groups attached to an aromatic ring is 1. The zero-order valence-electron chi connectivity index (χ0n) is 28.6. The number of β-lactam (4-membered cyclic amide) rings is 1. The zero-order chi connectivity index (χ0) is 41.0. The van der Waals surface area contributed by atoms with Gasteiger partial charge in [0.15, 0.2) is 10.8 Å². The van der Waals surface area contributed by atoms with Crippen LogP contribution in [-0.4, -0.2) is 108 Å². The number of hydroxylamine groups is 2. The summed E-state index contributed by atoms with van der Waals surface area (Å²) in [5, 5.41) is 33.5. The van der Waals surface area contributed by atoms with Crippen molar-refractivity contribution in [2.75, 3.05) is 37.3 Å². The fourth-order valence-electron chi connectivity index (χ4n) is 4.90. The Morgan fingerprint density at radius 2 is 1.95 bits per heavy atom. The van der Waals surface area contributed by atoms with E-state index in [0.29, 0.717) is 16.7 Å². The molecule has 2 aliphatic rings. The van der Waals surface area contributed by atoms with E-state index in [0.717, 1.165) is 47.6 Å². The van der Waals surface area contributed by atoms with Crippen LogP contribution in [0.5, 0.6) is 5.75 Å².